The number of ether oxygens (including phenoxy) is 3. The van der Waals surface area contributed by atoms with Gasteiger partial charge in [0.05, 0.1) is 12.7 Å². The van der Waals surface area contributed by atoms with E-state index >= 15 is 0 Å². The Morgan fingerprint density at radius 3 is 2.86 bits per heavy atom. The van der Waals surface area contributed by atoms with Gasteiger partial charge >= 0.3 is 0 Å². The Kier molecular flexibility index (Phi) is 3.79. The molecule has 3 atom stereocenters. The fourth-order valence-corrected chi connectivity index (χ4v) is 2.32. The molecule has 0 aromatic carbocycles. The monoisotopic (exact) mass is 200 g/mol. The summed E-state index contributed by atoms with van der Waals surface area (Å²) in [7, 11) is 1.80. The maximum absolute atomic E-state index is 5.70. The van der Waals surface area contributed by atoms with E-state index in [0.717, 1.165) is 32.5 Å². The SMILES string of the molecule is COC1CCC(COC2CCCO2)C1. The summed E-state index contributed by atoms with van der Waals surface area (Å²) in [6, 6.07) is 0. The highest BCUT2D eigenvalue weighted by Crippen LogP contribution is 2.28. The summed E-state index contributed by atoms with van der Waals surface area (Å²) in [4.78, 5) is 0. The second kappa shape index (κ2) is 5.10. The number of rotatable bonds is 4. The lowest BCUT2D eigenvalue weighted by Crippen LogP contribution is -2.16. The van der Waals surface area contributed by atoms with Crippen molar-refractivity contribution in [2.45, 2.75) is 44.5 Å². The minimum absolute atomic E-state index is 0.0802. The molecule has 2 fully saturated rings. The van der Waals surface area contributed by atoms with Gasteiger partial charge in [-0.1, -0.05) is 0 Å². The summed E-state index contributed by atoms with van der Waals surface area (Å²) in [5.74, 6) is 0.684. The van der Waals surface area contributed by atoms with Crippen LogP contribution in [0.5, 0.6) is 0 Å². The third kappa shape index (κ3) is 2.69. The van der Waals surface area contributed by atoms with Crippen molar-refractivity contribution in [3.63, 3.8) is 0 Å². The molecule has 2 rings (SSSR count). The topological polar surface area (TPSA) is 27.7 Å². The number of hydrogen-bond donors (Lipinski definition) is 0. The first kappa shape index (κ1) is 10.4. The zero-order valence-corrected chi connectivity index (χ0v) is 8.91. The summed E-state index contributed by atoms with van der Waals surface area (Å²) in [5, 5.41) is 0. The Labute approximate surface area is 85.7 Å². The maximum Gasteiger partial charge on any atom is 0.157 e. The molecule has 1 heterocycles. The van der Waals surface area contributed by atoms with Crippen LogP contribution >= 0.6 is 0 Å². The van der Waals surface area contributed by atoms with Gasteiger partial charge in [0.25, 0.3) is 0 Å². The summed E-state index contributed by atoms with van der Waals surface area (Å²) in [5.41, 5.74) is 0. The van der Waals surface area contributed by atoms with Gasteiger partial charge < -0.3 is 14.2 Å². The molecule has 0 radical (unpaired) electrons. The first-order valence-electron chi connectivity index (χ1n) is 5.64. The van der Waals surface area contributed by atoms with E-state index in [1.165, 1.54) is 12.8 Å². The average molecular weight is 200 g/mol. The molecule has 1 aliphatic heterocycles. The van der Waals surface area contributed by atoms with Crippen molar-refractivity contribution in [1.82, 2.24) is 0 Å². The van der Waals surface area contributed by atoms with Crippen LogP contribution < -0.4 is 0 Å². The minimum Gasteiger partial charge on any atom is -0.381 e. The van der Waals surface area contributed by atoms with E-state index in [0.29, 0.717) is 12.0 Å². The van der Waals surface area contributed by atoms with E-state index in [1.807, 2.05) is 0 Å². The molecule has 0 aromatic rings. The van der Waals surface area contributed by atoms with E-state index in [9.17, 15) is 0 Å². The Hall–Kier alpha value is -0.120. The van der Waals surface area contributed by atoms with Gasteiger partial charge in [0.2, 0.25) is 0 Å². The zero-order valence-electron chi connectivity index (χ0n) is 8.91. The Bertz CT molecular complexity index is 166. The first-order valence-corrected chi connectivity index (χ1v) is 5.64. The molecule has 0 bridgehead atoms. The van der Waals surface area contributed by atoms with Crippen LogP contribution in [0.2, 0.25) is 0 Å². The molecule has 0 amide bonds. The fourth-order valence-electron chi connectivity index (χ4n) is 2.32. The molecule has 3 unspecified atom stereocenters. The molecule has 82 valence electrons. The van der Waals surface area contributed by atoms with Crippen LogP contribution in [-0.2, 0) is 14.2 Å². The highest BCUT2D eigenvalue weighted by atomic mass is 16.7. The minimum atomic E-state index is 0.0802. The van der Waals surface area contributed by atoms with Crippen LogP contribution in [0.3, 0.4) is 0 Å². The van der Waals surface area contributed by atoms with E-state index in [1.54, 1.807) is 7.11 Å². The van der Waals surface area contributed by atoms with Crippen LogP contribution in [0, 0.1) is 5.92 Å². The van der Waals surface area contributed by atoms with Gasteiger partial charge in [-0.15, -0.1) is 0 Å². The Morgan fingerprint density at radius 1 is 1.29 bits per heavy atom. The van der Waals surface area contributed by atoms with Crippen molar-refractivity contribution in [3.05, 3.63) is 0 Å². The molecule has 0 aromatic heterocycles. The van der Waals surface area contributed by atoms with Gasteiger partial charge in [0, 0.05) is 20.1 Å². The van der Waals surface area contributed by atoms with Crippen molar-refractivity contribution < 1.29 is 14.2 Å². The van der Waals surface area contributed by atoms with Gasteiger partial charge in [-0.3, -0.25) is 0 Å². The third-order valence-electron chi connectivity index (χ3n) is 3.23. The Balaban J connectivity index is 1.61. The van der Waals surface area contributed by atoms with Crippen LogP contribution in [0.25, 0.3) is 0 Å². The molecule has 0 spiro atoms. The second-order valence-corrected chi connectivity index (χ2v) is 4.31. The summed E-state index contributed by atoms with van der Waals surface area (Å²) < 4.78 is 16.4. The highest BCUT2D eigenvalue weighted by molar-refractivity contribution is 4.75. The molecule has 14 heavy (non-hydrogen) atoms. The van der Waals surface area contributed by atoms with Crippen LogP contribution in [0.15, 0.2) is 0 Å². The van der Waals surface area contributed by atoms with Crippen molar-refractivity contribution in [3.8, 4) is 0 Å². The van der Waals surface area contributed by atoms with Crippen molar-refractivity contribution in [2.75, 3.05) is 20.3 Å². The molecule has 1 aliphatic carbocycles. The average Bonchev–Trinajstić information content (AvgIpc) is 2.86. The molecular formula is C11H20O3. The summed E-state index contributed by atoms with van der Waals surface area (Å²) in [6.07, 6.45) is 6.35. The first-order chi connectivity index (χ1) is 6.88. The molecule has 3 nitrogen and oxygen atoms in total. The zero-order chi connectivity index (χ0) is 9.80. The number of methoxy groups -OCH3 is 1. The van der Waals surface area contributed by atoms with Crippen LogP contribution in [-0.4, -0.2) is 32.7 Å². The van der Waals surface area contributed by atoms with Gasteiger partial charge in [-0.2, -0.15) is 0 Å². The van der Waals surface area contributed by atoms with Crippen LogP contribution in [0.4, 0.5) is 0 Å². The highest BCUT2D eigenvalue weighted by Gasteiger charge is 2.26. The lowest BCUT2D eigenvalue weighted by Gasteiger charge is -2.15. The molecular weight excluding hydrogens is 180 g/mol. The van der Waals surface area contributed by atoms with Crippen molar-refractivity contribution in [2.24, 2.45) is 5.92 Å². The van der Waals surface area contributed by atoms with Gasteiger partial charge in [0.1, 0.15) is 0 Å². The normalized spacial score (nSPS) is 37.9. The largest absolute Gasteiger partial charge is 0.381 e. The maximum atomic E-state index is 5.70. The molecule has 1 saturated carbocycles. The predicted molar refractivity (Wildman–Crippen MR) is 53.1 cm³/mol. The molecule has 1 saturated heterocycles. The lowest BCUT2D eigenvalue weighted by atomic mass is 10.1. The lowest BCUT2D eigenvalue weighted by molar-refractivity contribution is -0.120. The molecule has 2 aliphatic rings. The van der Waals surface area contributed by atoms with Crippen molar-refractivity contribution in [1.29, 1.82) is 0 Å². The van der Waals surface area contributed by atoms with E-state index in [-0.39, 0.29) is 6.29 Å². The van der Waals surface area contributed by atoms with E-state index < -0.39 is 0 Å². The summed E-state index contributed by atoms with van der Waals surface area (Å²) >= 11 is 0. The Morgan fingerprint density at radius 2 is 2.21 bits per heavy atom. The molecule has 0 N–H and O–H groups in total. The van der Waals surface area contributed by atoms with Gasteiger partial charge in [-0.25, -0.2) is 0 Å². The third-order valence-corrected chi connectivity index (χ3v) is 3.23. The number of hydrogen-bond acceptors (Lipinski definition) is 3. The second-order valence-electron chi connectivity index (χ2n) is 4.31. The fraction of sp³-hybridized carbons (Fsp3) is 1.00. The predicted octanol–water partition coefficient (Wildman–Crippen LogP) is 1.95. The van der Waals surface area contributed by atoms with Gasteiger partial charge in [-0.05, 0) is 31.6 Å². The van der Waals surface area contributed by atoms with Crippen LogP contribution in [0.1, 0.15) is 32.1 Å². The van der Waals surface area contributed by atoms with E-state index in [2.05, 4.69) is 0 Å². The summed E-state index contributed by atoms with van der Waals surface area (Å²) in [6.45, 7) is 1.72. The smallest absolute Gasteiger partial charge is 0.157 e. The quantitative estimate of drug-likeness (QED) is 0.694. The standard InChI is InChI=1S/C11H20O3/c1-12-10-5-4-9(7-10)8-14-11-3-2-6-13-11/h9-11H,2-8H2,1H3. The van der Waals surface area contributed by atoms with E-state index in [4.69, 9.17) is 14.2 Å². The van der Waals surface area contributed by atoms with Gasteiger partial charge in [0.15, 0.2) is 6.29 Å². The van der Waals surface area contributed by atoms with Crippen molar-refractivity contribution >= 4 is 0 Å². The molecule has 3 heteroatoms.